The Bertz CT molecular complexity index is 347. The van der Waals surface area contributed by atoms with Crippen molar-refractivity contribution in [1.29, 1.82) is 0 Å². The zero-order chi connectivity index (χ0) is 12.3. The minimum absolute atomic E-state index is 0.0815. The highest BCUT2D eigenvalue weighted by Crippen LogP contribution is 2.62. The van der Waals surface area contributed by atoms with Crippen LogP contribution < -0.4 is 0 Å². The maximum absolute atomic E-state index is 11.8. The standard InChI is InChI=1S/C15H24O2/c1-14(2)7-4-8-15(3)11-9-17-13(16)10(11)5-6-12(14)15/h10-12H,4-9H2,1-3H3/t10?,11-,12?,15+/m0/s1. The molecule has 1 heterocycles. The predicted octanol–water partition coefficient (Wildman–Crippen LogP) is 3.40. The van der Waals surface area contributed by atoms with E-state index in [0.29, 0.717) is 23.4 Å². The predicted molar refractivity (Wildman–Crippen MR) is 66.4 cm³/mol. The molecule has 0 aromatic heterocycles. The highest BCUT2D eigenvalue weighted by Gasteiger charge is 2.58. The van der Waals surface area contributed by atoms with E-state index in [0.717, 1.165) is 12.3 Å². The largest absolute Gasteiger partial charge is 0.465 e. The summed E-state index contributed by atoms with van der Waals surface area (Å²) in [7, 11) is 0. The van der Waals surface area contributed by atoms with E-state index in [1.807, 2.05) is 0 Å². The lowest BCUT2D eigenvalue weighted by Gasteiger charge is -2.57. The summed E-state index contributed by atoms with van der Waals surface area (Å²) >= 11 is 0. The van der Waals surface area contributed by atoms with Crippen LogP contribution >= 0.6 is 0 Å². The van der Waals surface area contributed by atoms with Crippen LogP contribution in [-0.4, -0.2) is 12.6 Å². The topological polar surface area (TPSA) is 26.3 Å². The SMILES string of the molecule is CC1(C)CCC[C@@]2(C)C1CCC1C(=O)OC[C@@H]12. The van der Waals surface area contributed by atoms with Gasteiger partial charge in [-0.15, -0.1) is 0 Å². The van der Waals surface area contributed by atoms with E-state index in [1.165, 1.54) is 25.7 Å². The summed E-state index contributed by atoms with van der Waals surface area (Å²) < 4.78 is 5.34. The lowest BCUT2D eigenvalue weighted by molar-refractivity contribution is -0.143. The molecule has 3 aliphatic rings. The number of carbonyl (C=O) groups is 1. The first-order valence-electron chi connectivity index (χ1n) is 7.12. The monoisotopic (exact) mass is 236 g/mol. The first kappa shape index (κ1) is 11.6. The molecule has 0 aromatic rings. The van der Waals surface area contributed by atoms with Crippen LogP contribution in [0.2, 0.25) is 0 Å². The molecule has 0 spiro atoms. The molecule has 2 heteroatoms. The minimum Gasteiger partial charge on any atom is -0.465 e. The van der Waals surface area contributed by atoms with Crippen molar-refractivity contribution in [3.8, 4) is 0 Å². The third-order valence-electron chi connectivity index (χ3n) is 6.08. The number of carbonyl (C=O) groups excluding carboxylic acids is 1. The van der Waals surface area contributed by atoms with Crippen molar-refractivity contribution in [2.45, 2.75) is 52.9 Å². The molecule has 0 aromatic carbocycles. The Kier molecular flexibility index (Phi) is 2.37. The fourth-order valence-electron chi connectivity index (χ4n) is 5.20. The third-order valence-corrected chi connectivity index (χ3v) is 6.08. The maximum atomic E-state index is 11.8. The highest BCUT2D eigenvalue weighted by atomic mass is 16.5. The second-order valence-electron chi connectivity index (χ2n) is 7.32. The zero-order valence-corrected chi connectivity index (χ0v) is 11.3. The van der Waals surface area contributed by atoms with Crippen molar-refractivity contribution < 1.29 is 9.53 Å². The number of fused-ring (bicyclic) bond motifs is 3. The molecule has 0 amide bonds. The van der Waals surface area contributed by atoms with Gasteiger partial charge in [0.15, 0.2) is 0 Å². The molecule has 1 aliphatic heterocycles. The molecule has 4 atom stereocenters. The first-order chi connectivity index (χ1) is 7.95. The zero-order valence-electron chi connectivity index (χ0n) is 11.3. The maximum Gasteiger partial charge on any atom is 0.309 e. The first-order valence-corrected chi connectivity index (χ1v) is 7.12. The molecule has 96 valence electrons. The summed E-state index contributed by atoms with van der Waals surface area (Å²) in [5.41, 5.74) is 0.792. The Morgan fingerprint density at radius 1 is 1.18 bits per heavy atom. The molecule has 1 saturated heterocycles. The second-order valence-corrected chi connectivity index (χ2v) is 7.32. The molecule has 17 heavy (non-hydrogen) atoms. The Morgan fingerprint density at radius 2 is 1.94 bits per heavy atom. The van der Waals surface area contributed by atoms with Crippen molar-refractivity contribution in [3.05, 3.63) is 0 Å². The smallest absolute Gasteiger partial charge is 0.309 e. The van der Waals surface area contributed by atoms with Crippen molar-refractivity contribution in [2.24, 2.45) is 28.6 Å². The highest BCUT2D eigenvalue weighted by molar-refractivity contribution is 5.75. The molecule has 0 radical (unpaired) electrons. The fraction of sp³-hybridized carbons (Fsp3) is 0.933. The van der Waals surface area contributed by atoms with E-state index in [-0.39, 0.29) is 11.9 Å². The molecule has 0 bridgehead atoms. The van der Waals surface area contributed by atoms with Crippen LogP contribution in [0.25, 0.3) is 0 Å². The van der Waals surface area contributed by atoms with Gasteiger partial charge in [0, 0.05) is 5.92 Å². The summed E-state index contributed by atoms with van der Waals surface area (Å²) in [6.07, 6.45) is 6.24. The van der Waals surface area contributed by atoms with Crippen LogP contribution in [0.4, 0.5) is 0 Å². The van der Waals surface area contributed by atoms with E-state index in [4.69, 9.17) is 4.74 Å². The van der Waals surface area contributed by atoms with E-state index in [1.54, 1.807) is 0 Å². The van der Waals surface area contributed by atoms with Crippen LogP contribution in [0.3, 0.4) is 0 Å². The Morgan fingerprint density at radius 3 is 2.71 bits per heavy atom. The number of hydrogen-bond donors (Lipinski definition) is 0. The molecule has 2 saturated carbocycles. The average Bonchev–Trinajstić information content (AvgIpc) is 2.60. The van der Waals surface area contributed by atoms with E-state index in [2.05, 4.69) is 20.8 Å². The van der Waals surface area contributed by atoms with Crippen molar-refractivity contribution in [2.75, 3.05) is 6.61 Å². The van der Waals surface area contributed by atoms with Gasteiger partial charge in [-0.2, -0.15) is 0 Å². The minimum atomic E-state index is 0.0815. The van der Waals surface area contributed by atoms with Crippen LogP contribution in [-0.2, 0) is 9.53 Å². The van der Waals surface area contributed by atoms with Gasteiger partial charge in [0.1, 0.15) is 0 Å². The number of esters is 1. The Balaban J connectivity index is 1.95. The summed E-state index contributed by atoms with van der Waals surface area (Å²) in [5, 5.41) is 0. The molecule has 2 unspecified atom stereocenters. The van der Waals surface area contributed by atoms with E-state index in [9.17, 15) is 4.79 Å². The van der Waals surface area contributed by atoms with Crippen molar-refractivity contribution in [1.82, 2.24) is 0 Å². The molecular formula is C15H24O2. The summed E-state index contributed by atoms with van der Waals surface area (Å²) in [4.78, 5) is 11.8. The van der Waals surface area contributed by atoms with E-state index < -0.39 is 0 Å². The lowest BCUT2D eigenvalue weighted by atomic mass is 9.47. The molecule has 3 rings (SSSR count). The van der Waals surface area contributed by atoms with Gasteiger partial charge in [0.05, 0.1) is 12.5 Å². The fourth-order valence-corrected chi connectivity index (χ4v) is 5.20. The Hall–Kier alpha value is -0.530. The van der Waals surface area contributed by atoms with Crippen LogP contribution in [0.1, 0.15) is 52.9 Å². The molecule has 2 aliphatic carbocycles. The molecule has 3 fully saturated rings. The summed E-state index contributed by atoms with van der Waals surface area (Å²) in [6, 6.07) is 0. The summed E-state index contributed by atoms with van der Waals surface area (Å²) in [5.74, 6) is 1.57. The normalized spacial score (nSPS) is 48.2. The van der Waals surface area contributed by atoms with Gasteiger partial charge in [-0.3, -0.25) is 4.79 Å². The number of ether oxygens (including phenoxy) is 1. The average molecular weight is 236 g/mol. The van der Waals surface area contributed by atoms with Gasteiger partial charge in [-0.05, 0) is 42.4 Å². The van der Waals surface area contributed by atoms with Crippen molar-refractivity contribution >= 4 is 5.97 Å². The molecule has 0 N–H and O–H groups in total. The van der Waals surface area contributed by atoms with Gasteiger partial charge in [-0.25, -0.2) is 0 Å². The van der Waals surface area contributed by atoms with Gasteiger partial charge in [0.25, 0.3) is 0 Å². The molecular weight excluding hydrogens is 212 g/mol. The van der Waals surface area contributed by atoms with Crippen molar-refractivity contribution in [3.63, 3.8) is 0 Å². The quantitative estimate of drug-likeness (QED) is 0.602. The van der Waals surface area contributed by atoms with E-state index >= 15 is 0 Å². The Labute approximate surface area is 104 Å². The van der Waals surface area contributed by atoms with Crippen LogP contribution in [0, 0.1) is 28.6 Å². The summed E-state index contributed by atoms with van der Waals surface area (Å²) in [6.45, 7) is 7.96. The number of cyclic esters (lactones) is 1. The van der Waals surface area contributed by atoms with Gasteiger partial charge in [0.2, 0.25) is 0 Å². The second kappa shape index (κ2) is 3.49. The van der Waals surface area contributed by atoms with Gasteiger partial charge >= 0.3 is 5.97 Å². The number of rotatable bonds is 0. The van der Waals surface area contributed by atoms with Crippen LogP contribution in [0.5, 0.6) is 0 Å². The number of hydrogen-bond acceptors (Lipinski definition) is 2. The van der Waals surface area contributed by atoms with Gasteiger partial charge in [-0.1, -0.05) is 27.2 Å². The lowest BCUT2D eigenvalue weighted by Crippen LogP contribution is -2.51. The van der Waals surface area contributed by atoms with Gasteiger partial charge < -0.3 is 4.74 Å². The van der Waals surface area contributed by atoms with Crippen LogP contribution in [0.15, 0.2) is 0 Å². The molecule has 2 nitrogen and oxygen atoms in total. The third kappa shape index (κ3) is 1.49.